The van der Waals surface area contributed by atoms with Crippen molar-refractivity contribution >= 4 is 11.6 Å². The average molecular weight is 610 g/mol. The molecule has 0 radical (unpaired) electrons. The number of amides is 1. The van der Waals surface area contributed by atoms with Crippen LogP contribution in [0.5, 0.6) is 0 Å². The van der Waals surface area contributed by atoms with Gasteiger partial charge in [-0.3, -0.25) is 4.79 Å². The number of halogens is 1. The number of hydrogen-bond acceptors (Lipinski definition) is 3. The maximum Gasteiger partial charge on any atom is 0.221 e. The third kappa shape index (κ3) is 5.41. The van der Waals surface area contributed by atoms with Gasteiger partial charge < -0.3 is 15.0 Å². The molecule has 0 saturated carbocycles. The number of aliphatic hydroxyl groups is 1. The van der Waals surface area contributed by atoms with E-state index in [0.29, 0.717) is 28.1 Å². The molecule has 1 heterocycles. The summed E-state index contributed by atoms with van der Waals surface area (Å²) >= 11 is 0. The monoisotopic (exact) mass is 609 g/mol. The Kier molecular flexibility index (Phi) is 8.39. The first-order valence-corrected chi connectivity index (χ1v) is 15.4. The predicted molar refractivity (Wildman–Crippen MR) is 181 cm³/mol. The van der Waals surface area contributed by atoms with Crippen molar-refractivity contribution in [2.75, 3.05) is 5.32 Å². The summed E-state index contributed by atoms with van der Waals surface area (Å²) in [5.74, 6) is -0.884. The molecule has 1 aromatic heterocycles. The minimum atomic E-state index is -1.45. The number of rotatable bonds is 9. The number of imidazole rings is 1. The Morgan fingerprint density at radius 1 is 0.761 bits per heavy atom. The number of carbonyl (C=O) groups excluding carboxylic acids is 1. The lowest BCUT2D eigenvalue weighted by Crippen LogP contribution is -2.37. The van der Waals surface area contributed by atoms with E-state index < -0.39 is 17.0 Å². The summed E-state index contributed by atoms with van der Waals surface area (Å²) in [6.45, 7) is 5.33. The fourth-order valence-electron chi connectivity index (χ4n) is 6.40. The molecule has 0 spiro atoms. The highest BCUT2D eigenvalue weighted by atomic mass is 19.1. The van der Waals surface area contributed by atoms with Crippen LogP contribution in [0.2, 0.25) is 0 Å². The molecule has 230 valence electrons. The zero-order valence-corrected chi connectivity index (χ0v) is 26.1. The van der Waals surface area contributed by atoms with Gasteiger partial charge in [0.15, 0.2) is 0 Å². The molecular formula is C40H36FN3O2. The number of anilines is 1. The summed E-state index contributed by atoms with van der Waals surface area (Å²) in [7, 11) is 0. The maximum absolute atomic E-state index is 14.9. The molecule has 0 bridgehead atoms. The normalized spacial score (nSPS) is 12.9. The van der Waals surface area contributed by atoms with Crippen molar-refractivity contribution in [3.63, 3.8) is 0 Å². The first-order chi connectivity index (χ1) is 22.2. The van der Waals surface area contributed by atoms with Crippen LogP contribution in [0.25, 0.3) is 11.1 Å². The summed E-state index contributed by atoms with van der Waals surface area (Å²) in [6.07, 6.45) is 3.74. The van der Waals surface area contributed by atoms with Crippen molar-refractivity contribution in [1.82, 2.24) is 9.55 Å². The molecule has 1 unspecified atom stereocenters. The molecule has 5 aromatic carbocycles. The number of aromatic nitrogens is 2. The topological polar surface area (TPSA) is 67.2 Å². The Hall–Kier alpha value is -5.33. The zero-order chi connectivity index (χ0) is 32.3. The first kappa shape index (κ1) is 30.7. The van der Waals surface area contributed by atoms with Gasteiger partial charge in [0.25, 0.3) is 0 Å². The molecule has 0 fully saturated rings. The van der Waals surface area contributed by atoms with Crippen LogP contribution in [-0.2, 0) is 15.9 Å². The molecule has 0 aliphatic heterocycles. The summed E-state index contributed by atoms with van der Waals surface area (Å²) in [4.78, 5) is 16.4. The predicted octanol–water partition coefficient (Wildman–Crippen LogP) is 8.38. The smallest absolute Gasteiger partial charge is 0.221 e. The molecular weight excluding hydrogens is 573 g/mol. The lowest BCUT2D eigenvalue weighted by molar-refractivity contribution is -0.114. The standard InChI is InChI=1S/C40H36FN3O2/c1-28(2)40(46,34-21-19-30(20-22-34)36-25-35(43-29(3)45)23-24-37(36)41)38-26-44(27-42-38)39(31-13-7-4-8-14-31,32-15-9-5-10-16-32)33-17-11-6-12-18-33/h4-28,46H,1-3H3,(H,43,45). The molecule has 6 aromatic rings. The van der Waals surface area contributed by atoms with Crippen LogP contribution in [0.3, 0.4) is 0 Å². The summed E-state index contributed by atoms with van der Waals surface area (Å²) < 4.78 is 17.0. The third-order valence-corrected chi connectivity index (χ3v) is 8.69. The van der Waals surface area contributed by atoms with Gasteiger partial charge in [0, 0.05) is 24.4 Å². The highest BCUT2D eigenvalue weighted by Crippen LogP contribution is 2.43. The van der Waals surface area contributed by atoms with E-state index in [1.807, 2.05) is 86.8 Å². The second-order valence-corrected chi connectivity index (χ2v) is 11.8. The summed E-state index contributed by atoms with van der Waals surface area (Å²) in [5.41, 5.74) is 3.57. The van der Waals surface area contributed by atoms with Gasteiger partial charge >= 0.3 is 0 Å². The highest BCUT2D eigenvalue weighted by Gasteiger charge is 2.42. The van der Waals surface area contributed by atoms with E-state index in [9.17, 15) is 14.3 Å². The van der Waals surface area contributed by atoms with Crippen LogP contribution in [0.15, 0.2) is 146 Å². The highest BCUT2D eigenvalue weighted by molar-refractivity contribution is 5.89. The molecule has 6 heteroatoms. The molecule has 2 N–H and O–H groups in total. The Morgan fingerprint density at radius 3 is 1.76 bits per heavy atom. The fraction of sp³-hybridized carbons (Fsp3) is 0.150. The van der Waals surface area contributed by atoms with Gasteiger partial charge in [-0.15, -0.1) is 0 Å². The molecule has 46 heavy (non-hydrogen) atoms. The zero-order valence-electron chi connectivity index (χ0n) is 26.1. The first-order valence-electron chi connectivity index (χ1n) is 15.4. The SMILES string of the molecule is CC(=O)Nc1ccc(F)c(-c2ccc(C(O)(c3cn(C(c4ccccc4)(c4ccccc4)c4ccccc4)cn3)C(C)C)cc2)c1. The Balaban J connectivity index is 1.48. The minimum Gasteiger partial charge on any atom is -0.378 e. The number of hydrogen-bond donors (Lipinski definition) is 2. The van der Waals surface area contributed by atoms with Crippen LogP contribution in [0.4, 0.5) is 10.1 Å². The minimum absolute atomic E-state index is 0.231. The number of carbonyl (C=O) groups is 1. The molecule has 0 aliphatic rings. The second kappa shape index (κ2) is 12.6. The lowest BCUT2D eigenvalue weighted by Gasteiger charge is -2.37. The van der Waals surface area contributed by atoms with Gasteiger partial charge in [-0.05, 0) is 51.9 Å². The number of nitrogens with one attached hydrogen (secondary N) is 1. The van der Waals surface area contributed by atoms with Crippen LogP contribution >= 0.6 is 0 Å². The Labute approximate surface area is 269 Å². The molecule has 1 amide bonds. The molecule has 0 aliphatic carbocycles. The number of benzene rings is 5. The van der Waals surface area contributed by atoms with Crippen LogP contribution in [0.1, 0.15) is 48.7 Å². The van der Waals surface area contributed by atoms with Crippen molar-refractivity contribution in [2.45, 2.75) is 31.9 Å². The van der Waals surface area contributed by atoms with Gasteiger partial charge in [-0.1, -0.05) is 129 Å². The van der Waals surface area contributed by atoms with Crippen LogP contribution in [-0.4, -0.2) is 20.6 Å². The van der Waals surface area contributed by atoms with E-state index >= 15 is 0 Å². The quantitative estimate of drug-likeness (QED) is 0.162. The van der Waals surface area contributed by atoms with Crippen molar-refractivity contribution in [3.05, 3.63) is 180 Å². The van der Waals surface area contributed by atoms with Crippen molar-refractivity contribution in [1.29, 1.82) is 0 Å². The van der Waals surface area contributed by atoms with Crippen molar-refractivity contribution in [2.24, 2.45) is 5.92 Å². The van der Waals surface area contributed by atoms with E-state index in [0.717, 1.165) is 16.7 Å². The van der Waals surface area contributed by atoms with Gasteiger partial charge in [0.2, 0.25) is 5.91 Å². The lowest BCUT2D eigenvalue weighted by atomic mass is 9.76. The van der Waals surface area contributed by atoms with Crippen LogP contribution < -0.4 is 5.32 Å². The second-order valence-electron chi connectivity index (χ2n) is 11.8. The maximum atomic E-state index is 14.9. The Bertz CT molecular complexity index is 1840. The van der Waals surface area contributed by atoms with Gasteiger partial charge in [-0.2, -0.15) is 0 Å². The third-order valence-electron chi connectivity index (χ3n) is 8.69. The summed E-state index contributed by atoms with van der Waals surface area (Å²) in [6, 6.07) is 42.6. The van der Waals surface area contributed by atoms with Crippen molar-refractivity contribution in [3.8, 4) is 11.1 Å². The Morgan fingerprint density at radius 2 is 1.28 bits per heavy atom. The molecule has 5 nitrogen and oxygen atoms in total. The van der Waals surface area contributed by atoms with Crippen molar-refractivity contribution < 1.29 is 14.3 Å². The number of nitrogens with zero attached hydrogens (tertiary/aromatic N) is 2. The molecule has 1 atom stereocenters. The van der Waals surface area contributed by atoms with E-state index in [1.54, 1.807) is 24.5 Å². The van der Waals surface area contributed by atoms with E-state index in [2.05, 4.69) is 46.3 Å². The van der Waals surface area contributed by atoms with Gasteiger partial charge in [-0.25, -0.2) is 9.37 Å². The summed E-state index contributed by atoms with van der Waals surface area (Å²) in [5, 5.41) is 15.2. The van der Waals surface area contributed by atoms with E-state index in [4.69, 9.17) is 4.98 Å². The van der Waals surface area contributed by atoms with E-state index in [-0.39, 0.29) is 11.8 Å². The van der Waals surface area contributed by atoms with Gasteiger partial charge in [0.1, 0.15) is 17.0 Å². The molecule has 0 saturated heterocycles. The largest absolute Gasteiger partial charge is 0.378 e. The van der Waals surface area contributed by atoms with Gasteiger partial charge in [0.05, 0.1) is 12.0 Å². The fourth-order valence-corrected chi connectivity index (χ4v) is 6.40. The molecule has 6 rings (SSSR count). The average Bonchev–Trinajstić information content (AvgIpc) is 3.58. The van der Waals surface area contributed by atoms with Crippen LogP contribution in [0, 0.1) is 11.7 Å². The van der Waals surface area contributed by atoms with E-state index in [1.165, 1.54) is 19.1 Å².